The van der Waals surface area contributed by atoms with Crippen molar-refractivity contribution >= 4 is 5.91 Å². The smallest absolute Gasteiger partial charge is 0.219 e. The predicted molar refractivity (Wildman–Crippen MR) is 95.4 cm³/mol. The SMILES string of the molecule is CCOc1ccc(CN[C@@H]2CCN(C(C)=O)C[C@@H]2C)cc1OCC. The molecule has 0 unspecified atom stereocenters. The Hall–Kier alpha value is -1.75. The number of benzene rings is 1. The second-order valence-corrected chi connectivity index (χ2v) is 6.37. The van der Waals surface area contributed by atoms with Crippen LogP contribution in [0.1, 0.15) is 39.7 Å². The van der Waals surface area contributed by atoms with Crippen LogP contribution in [-0.2, 0) is 11.3 Å². The van der Waals surface area contributed by atoms with Crippen molar-refractivity contribution in [2.24, 2.45) is 5.92 Å². The fourth-order valence-electron chi connectivity index (χ4n) is 3.19. The normalized spacial score (nSPS) is 20.8. The zero-order chi connectivity index (χ0) is 17.5. The lowest BCUT2D eigenvalue weighted by Gasteiger charge is -2.37. The number of likely N-dealkylation sites (tertiary alicyclic amines) is 1. The summed E-state index contributed by atoms with van der Waals surface area (Å²) in [5.41, 5.74) is 1.18. The summed E-state index contributed by atoms with van der Waals surface area (Å²) in [6.45, 7) is 11.5. The number of amides is 1. The molecule has 2 atom stereocenters. The van der Waals surface area contributed by atoms with Gasteiger partial charge in [-0.2, -0.15) is 0 Å². The van der Waals surface area contributed by atoms with Crippen molar-refractivity contribution in [1.29, 1.82) is 0 Å². The molecule has 1 aliphatic heterocycles. The monoisotopic (exact) mass is 334 g/mol. The van der Waals surface area contributed by atoms with Gasteiger partial charge in [0.15, 0.2) is 11.5 Å². The van der Waals surface area contributed by atoms with Crippen molar-refractivity contribution in [3.05, 3.63) is 23.8 Å². The molecule has 1 fully saturated rings. The third-order valence-corrected chi connectivity index (χ3v) is 4.53. The molecule has 1 aliphatic rings. The maximum Gasteiger partial charge on any atom is 0.219 e. The Morgan fingerprint density at radius 2 is 1.96 bits per heavy atom. The molecule has 0 aliphatic carbocycles. The van der Waals surface area contributed by atoms with Crippen LogP contribution in [0.5, 0.6) is 11.5 Å². The van der Waals surface area contributed by atoms with Crippen LogP contribution < -0.4 is 14.8 Å². The summed E-state index contributed by atoms with van der Waals surface area (Å²) in [7, 11) is 0. The Balaban J connectivity index is 1.94. The van der Waals surface area contributed by atoms with Gasteiger partial charge in [0.2, 0.25) is 5.91 Å². The molecule has 0 aromatic heterocycles. The van der Waals surface area contributed by atoms with E-state index in [1.165, 1.54) is 5.56 Å². The zero-order valence-electron chi connectivity index (χ0n) is 15.3. The molecule has 1 heterocycles. The largest absolute Gasteiger partial charge is 0.490 e. The second kappa shape index (κ2) is 8.92. The van der Waals surface area contributed by atoms with Crippen LogP contribution in [0.3, 0.4) is 0 Å². The molecule has 1 aromatic carbocycles. The first kappa shape index (κ1) is 18.6. The van der Waals surface area contributed by atoms with E-state index < -0.39 is 0 Å². The lowest BCUT2D eigenvalue weighted by Crippen LogP contribution is -2.49. The first-order chi connectivity index (χ1) is 11.5. The topological polar surface area (TPSA) is 50.8 Å². The number of carbonyl (C=O) groups is 1. The fourth-order valence-corrected chi connectivity index (χ4v) is 3.19. The van der Waals surface area contributed by atoms with Crippen molar-refractivity contribution in [2.75, 3.05) is 26.3 Å². The second-order valence-electron chi connectivity index (χ2n) is 6.37. The molecule has 1 amide bonds. The molecular weight excluding hydrogens is 304 g/mol. The summed E-state index contributed by atoms with van der Waals surface area (Å²) in [5.74, 6) is 2.23. The van der Waals surface area contributed by atoms with Crippen LogP contribution in [0.4, 0.5) is 0 Å². The summed E-state index contributed by atoms with van der Waals surface area (Å²) >= 11 is 0. The molecule has 0 bridgehead atoms. The molecular formula is C19H30N2O3. The van der Waals surface area contributed by atoms with Gasteiger partial charge in [-0.15, -0.1) is 0 Å². The number of ether oxygens (including phenoxy) is 2. The van der Waals surface area contributed by atoms with E-state index in [0.717, 1.165) is 37.6 Å². The summed E-state index contributed by atoms with van der Waals surface area (Å²) in [5, 5.41) is 3.63. The van der Waals surface area contributed by atoms with Gasteiger partial charge in [-0.3, -0.25) is 4.79 Å². The summed E-state index contributed by atoms with van der Waals surface area (Å²) in [6, 6.07) is 6.54. The van der Waals surface area contributed by atoms with Crippen molar-refractivity contribution in [2.45, 2.75) is 46.7 Å². The number of hydrogen-bond donors (Lipinski definition) is 1. The Labute approximate surface area is 145 Å². The molecule has 1 aromatic rings. The maximum atomic E-state index is 11.5. The van der Waals surface area contributed by atoms with E-state index in [-0.39, 0.29) is 5.91 Å². The number of nitrogens with zero attached hydrogens (tertiary/aromatic N) is 1. The lowest BCUT2D eigenvalue weighted by atomic mass is 9.93. The molecule has 2 rings (SSSR count). The Morgan fingerprint density at radius 3 is 2.58 bits per heavy atom. The van der Waals surface area contributed by atoms with E-state index in [2.05, 4.69) is 24.4 Å². The predicted octanol–water partition coefficient (Wildman–Crippen LogP) is 2.83. The van der Waals surface area contributed by atoms with E-state index in [1.807, 2.05) is 24.8 Å². The average Bonchev–Trinajstić information content (AvgIpc) is 2.56. The van der Waals surface area contributed by atoms with Gasteiger partial charge in [0.25, 0.3) is 0 Å². The minimum absolute atomic E-state index is 0.174. The Morgan fingerprint density at radius 1 is 1.25 bits per heavy atom. The molecule has 1 saturated heterocycles. The average molecular weight is 334 g/mol. The van der Waals surface area contributed by atoms with Gasteiger partial charge in [-0.05, 0) is 43.9 Å². The number of carbonyl (C=O) groups excluding carboxylic acids is 1. The standard InChI is InChI=1S/C19H30N2O3/c1-5-23-18-8-7-16(11-19(18)24-6-2)12-20-17-9-10-21(15(4)22)13-14(17)3/h7-8,11,14,17,20H,5-6,9-10,12-13H2,1-4H3/t14-,17+/m0/s1. The molecule has 1 N–H and O–H groups in total. The first-order valence-corrected chi connectivity index (χ1v) is 8.92. The van der Waals surface area contributed by atoms with Crippen LogP contribution >= 0.6 is 0 Å². The van der Waals surface area contributed by atoms with Gasteiger partial charge < -0.3 is 19.7 Å². The molecule has 0 spiro atoms. The van der Waals surface area contributed by atoms with Crippen LogP contribution in [0.2, 0.25) is 0 Å². The van der Waals surface area contributed by atoms with Gasteiger partial charge >= 0.3 is 0 Å². The van der Waals surface area contributed by atoms with Crippen LogP contribution in [0.25, 0.3) is 0 Å². The van der Waals surface area contributed by atoms with Gasteiger partial charge in [0.1, 0.15) is 0 Å². The molecule has 0 radical (unpaired) electrons. The Bertz CT molecular complexity index is 547. The van der Waals surface area contributed by atoms with Crippen LogP contribution in [-0.4, -0.2) is 43.2 Å². The third kappa shape index (κ3) is 4.87. The zero-order valence-corrected chi connectivity index (χ0v) is 15.3. The van der Waals surface area contributed by atoms with Gasteiger partial charge in [0.05, 0.1) is 13.2 Å². The highest BCUT2D eigenvalue weighted by molar-refractivity contribution is 5.73. The number of hydrogen-bond acceptors (Lipinski definition) is 4. The summed E-state index contributed by atoms with van der Waals surface area (Å²) in [6.07, 6.45) is 0.996. The Kier molecular flexibility index (Phi) is 6.91. The highest BCUT2D eigenvalue weighted by Gasteiger charge is 2.26. The van der Waals surface area contributed by atoms with Crippen molar-refractivity contribution < 1.29 is 14.3 Å². The van der Waals surface area contributed by atoms with Gasteiger partial charge in [-0.25, -0.2) is 0 Å². The van der Waals surface area contributed by atoms with E-state index in [1.54, 1.807) is 6.92 Å². The van der Waals surface area contributed by atoms with Gasteiger partial charge in [0, 0.05) is 32.6 Å². The first-order valence-electron chi connectivity index (χ1n) is 8.92. The summed E-state index contributed by atoms with van der Waals surface area (Å²) in [4.78, 5) is 13.4. The van der Waals surface area contributed by atoms with Gasteiger partial charge in [-0.1, -0.05) is 13.0 Å². The minimum atomic E-state index is 0.174. The molecule has 134 valence electrons. The van der Waals surface area contributed by atoms with E-state index >= 15 is 0 Å². The third-order valence-electron chi connectivity index (χ3n) is 4.53. The number of piperidine rings is 1. The minimum Gasteiger partial charge on any atom is -0.490 e. The highest BCUT2D eigenvalue weighted by atomic mass is 16.5. The number of rotatable bonds is 7. The molecule has 0 saturated carbocycles. The lowest BCUT2D eigenvalue weighted by molar-refractivity contribution is -0.130. The van der Waals surface area contributed by atoms with E-state index in [9.17, 15) is 4.79 Å². The van der Waals surface area contributed by atoms with Crippen LogP contribution in [0, 0.1) is 5.92 Å². The van der Waals surface area contributed by atoms with Crippen molar-refractivity contribution in [3.63, 3.8) is 0 Å². The molecule has 5 nitrogen and oxygen atoms in total. The van der Waals surface area contributed by atoms with E-state index in [4.69, 9.17) is 9.47 Å². The fraction of sp³-hybridized carbons (Fsp3) is 0.632. The van der Waals surface area contributed by atoms with Crippen LogP contribution in [0.15, 0.2) is 18.2 Å². The van der Waals surface area contributed by atoms with Crippen molar-refractivity contribution in [3.8, 4) is 11.5 Å². The number of nitrogens with one attached hydrogen (secondary N) is 1. The van der Waals surface area contributed by atoms with E-state index in [0.29, 0.717) is 25.2 Å². The van der Waals surface area contributed by atoms with Crippen molar-refractivity contribution in [1.82, 2.24) is 10.2 Å². The highest BCUT2D eigenvalue weighted by Crippen LogP contribution is 2.28. The molecule has 24 heavy (non-hydrogen) atoms. The quantitative estimate of drug-likeness (QED) is 0.833. The summed E-state index contributed by atoms with van der Waals surface area (Å²) < 4.78 is 11.3. The maximum absolute atomic E-state index is 11.5. The molecule has 5 heteroatoms.